The molecule has 1 rings (SSSR count). The molecule has 0 bridgehead atoms. The highest BCUT2D eigenvalue weighted by atomic mass is 16.3. The van der Waals surface area contributed by atoms with Gasteiger partial charge >= 0.3 is 0 Å². The van der Waals surface area contributed by atoms with Gasteiger partial charge in [-0.25, -0.2) is 0 Å². The van der Waals surface area contributed by atoms with Crippen LogP contribution in [0.25, 0.3) is 0 Å². The van der Waals surface area contributed by atoms with Gasteiger partial charge in [0, 0.05) is 6.54 Å². The molecule has 2 unspecified atom stereocenters. The molecule has 0 aromatic carbocycles. The predicted molar refractivity (Wildman–Crippen MR) is 54.9 cm³/mol. The number of hydrogen-bond donors (Lipinski definition) is 3. The van der Waals surface area contributed by atoms with Crippen molar-refractivity contribution in [1.82, 2.24) is 5.32 Å². The molecule has 5 nitrogen and oxygen atoms in total. The van der Waals surface area contributed by atoms with Crippen molar-refractivity contribution in [2.24, 2.45) is 5.73 Å². The Morgan fingerprint density at radius 2 is 2.47 bits per heavy atom. The zero-order chi connectivity index (χ0) is 11.3. The summed E-state index contributed by atoms with van der Waals surface area (Å²) < 4.78 is 5.22. The SMILES string of the molecule is CCC(NCC(O)C(N)=O)c1ccco1. The molecular weight excluding hydrogens is 196 g/mol. The molecule has 0 spiro atoms. The maximum absolute atomic E-state index is 10.6. The normalized spacial score (nSPS) is 14.8. The van der Waals surface area contributed by atoms with E-state index in [1.165, 1.54) is 0 Å². The molecule has 0 aliphatic rings. The summed E-state index contributed by atoms with van der Waals surface area (Å²) in [6, 6.07) is 3.64. The molecule has 1 heterocycles. The summed E-state index contributed by atoms with van der Waals surface area (Å²) in [4.78, 5) is 10.6. The van der Waals surface area contributed by atoms with Crippen molar-refractivity contribution in [2.75, 3.05) is 6.54 Å². The van der Waals surface area contributed by atoms with Gasteiger partial charge in [-0.05, 0) is 18.6 Å². The van der Waals surface area contributed by atoms with Gasteiger partial charge in [-0.2, -0.15) is 0 Å². The number of carbonyl (C=O) groups excluding carboxylic acids is 1. The van der Waals surface area contributed by atoms with Crippen LogP contribution < -0.4 is 11.1 Å². The first-order chi connectivity index (χ1) is 7.15. The lowest BCUT2D eigenvalue weighted by molar-refractivity contribution is -0.125. The topological polar surface area (TPSA) is 88.5 Å². The Morgan fingerprint density at radius 3 is 2.93 bits per heavy atom. The van der Waals surface area contributed by atoms with Crippen molar-refractivity contribution in [3.05, 3.63) is 24.2 Å². The molecule has 2 atom stereocenters. The fraction of sp³-hybridized carbons (Fsp3) is 0.500. The standard InChI is InChI=1S/C10H16N2O3/c1-2-7(9-4-3-5-15-9)12-6-8(13)10(11)14/h3-5,7-8,12-13H,2,6H2,1H3,(H2,11,14). The second-order valence-corrected chi connectivity index (χ2v) is 3.30. The minimum absolute atomic E-state index is 0.00556. The molecule has 0 saturated carbocycles. The summed E-state index contributed by atoms with van der Waals surface area (Å²) in [5.74, 6) is 0.0611. The van der Waals surface area contributed by atoms with E-state index >= 15 is 0 Å². The average molecular weight is 212 g/mol. The first kappa shape index (κ1) is 11.7. The summed E-state index contributed by atoms with van der Waals surface area (Å²) >= 11 is 0. The molecule has 4 N–H and O–H groups in total. The lowest BCUT2D eigenvalue weighted by atomic mass is 10.1. The zero-order valence-electron chi connectivity index (χ0n) is 8.64. The van der Waals surface area contributed by atoms with Crippen LogP contribution in [0.1, 0.15) is 25.1 Å². The summed E-state index contributed by atoms with van der Waals surface area (Å²) in [6.45, 7) is 2.12. The van der Waals surface area contributed by atoms with E-state index in [2.05, 4.69) is 5.32 Å². The molecular formula is C10H16N2O3. The van der Waals surface area contributed by atoms with E-state index in [1.807, 2.05) is 13.0 Å². The van der Waals surface area contributed by atoms with E-state index in [9.17, 15) is 9.90 Å². The van der Waals surface area contributed by atoms with Crippen LogP contribution in [0.3, 0.4) is 0 Å². The van der Waals surface area contributed by atoms with Crippen molar-refractivity contribution in [3.63, 3.8) is 0 Å². The third kappa shape index (κ3) is 3.38. The Labute approximate surface area is 88.3 Å². The van der Waals surface area contributed by atoms with Crippen molar-refractivity contribution in [1.29, 1.82) is 0 Å². The minimum atomic E-state index is -1.16. The van der Waals surface area contributed by atoms with Gasteiger partial charge in [0.1, 0.15) is 11.9 Å². The zero-order valence-corrected chi connectivity index (χ0v) is 8.64. The number of carbonyl (C=O) groups is 1. The Morgan fingerprint density at radius 1 is 1.73 bits per heavy atom. The van der Waals surface area contributed by atoms with Crippen LogP contribution in [0, 0.1) is 0 Å². The number of hydrogen-bond acceptors (Lipinski definition) is 4. The molecule has 0 radical (unpaired) electrons. The number of nitrogens with one attached hydrogen (secondary N) is 1. The van der Waals surface area contributed by atoms with Crippen LogP contribution in [0.15, 0.2) is 22.8 Å². The molecule has 1 amide bonds. The molecule has 0 saturated heterocycles. The maximum Gasteiger partial charge on any atom is 0.247 e. The third-order valence-electron chi connectivity index (χ3n) is 2.18. The number of primary amides is 1. The van der Waals surface area contributed by atoms with Crippen molar-refractivity contribution >= 4 is 5.91 Å². The third-order valence-corrected chi connectivity index (χ3v) is 2.18. The predicted octanol–water partition coefficient (Wildman–Crippen LogP) is 0.166. The molecule has 0 aliphatic heterocycles. The average Bonchev–Trinajstić information content (AvgIpc) is 2.71. The van der Waals surface area contributed by atoms with Crippen LogP contribution in [-0.2, 0) is 4.79 Å². The van der Waals surface area contributed by atoms with Crippen molar-refractivity contribution in [3.8, 4) is 0 Å². The lowest BCUT2D eigenvalue weighted by Crippen LogP contribution is -2.38. The maximum atomic E-state index is 10.6. The smallest absolute Gasteiger partial charge is 0.247 e. The van der Waals surface area contributed by atoms with Crippen LogP contribution in [0.2, 0.25) is 0 Å². The van der Waals surface area contributed by atoms with Crippen LogP contribution in [0.5, 0.6) is 0 Å². The number of amides is 1. The van der Waals surface area contributed by atoms with Gasteiger partial charge in [0.25, 0.3) is 0 Å². The van der Waals surface area contributed by atoms with Crippen LogP contribution in [0.4, 0.5) is 0 Å². The first-order valence-corrected chi connectivity index (χ1v) is 4.89. The largest absolute Gasteiger partial charge is 0.468 e. The molecule has 5 heteroatoms. The van der Waals surface area contributed by atoms with Crippen LogP contribution >= 0.6 is 0 Å². The molecule has 1 aromatic rings. The molecule has 0 aliphatic carbocycles. The van der Waals surface area contributed by atoms with E-state index < -0.39 is 12.0 Å². The monoisotopic (exact) mass is 212 g/mol. The number of furan rings is 1. The van der Waals surface area contributed by atoms with Gasteiger partial charge in [-0.15, -0.1) is 0 Å². The van der Waals surface area contributed by atoms with E-state index in [0.717, 1.165) is 12.2 Å². The van der Waals surface area contributed by atoms with Crippen molar-refractivity contribution < 1.29 is 14.3 Å². The van der Waals surface area contributed by atoms with E-state index in [1.54, 1.807) is 12.3 Å². The Kier molecular flexibility index (Phi) is 4.33. The first-order valence-electron chi connectivity index (χ1n) is 4.89. The second-order valence-electron chi connectivity index (χ2n) is 3.30. The quantitative estimate of drug-likeness (QED) is 0.627. The molecule has 1 aromatic heterocycles. The fourth-order valence-electron chi connectivity index (χ4n) is 1.29. The Bertz CT molecular complexity index is 298. The van der Waals surface area contributed by atoms with E-state index in [-0.39, 0.29) is 12.6 Å². The Hall–Kier alpha value is -1.33. The van der Waals surface area contributed by atoms with Gasteiger partial charge in [0.05, 0.1) is 12.3 Å². The van der Waals surface area contributed by atoms with Gasteiger partial charge in [-0.1, -0.05) is 6.92 Å². The number of aliphatic hydroxyl groups excluding tert-OH is 1. The molecule has 0 fully saturated rings. The highest BCUT2D eigenvalue weighted by Crippen LogP contribution is 2.16. The van der Waals surface area contributed by atoms with Crippen LogP contribution in [-0.4, -0.2) is 23.7 Å². The fourth-order valence-corrected chi connectivity index (χ4v) is 1.29. The van der Waals surface area contributed by atoms with Gasteiger partial charge in [0.15, 0.2) is 0 Å². The number of rotatable bonds is 6. The van der Waals surface area contributed by atoms with E-state index in [4.69, 9.17) is 10.2 Å². The molecule has 84 valence electrons. The number of nitrogens with two attached hydrogens (primary N) is 1. The second kappa shape index (κ2) is 5.53. The summed E-state index contributed by atoms with van der Waals surface area (Å²) in [6.07, 6.45) is 1.23. The van der Waals surface area contributed by atoms with E-state index in [0.29, 0.717) is 0 Å². The van der Waals surface area contributed by atoms with Gasteiger partial charge in [-0.3, -0.25) is 4.79 Å². The lowest BCUT2D eigenvalue weighted by Gasteiger charge is -2.15. The minimum Gasteiger partial charge on any atom is -0.468 e. The summed E-state index contributed by atoms with van der Waals surface area (Å²) in [5, 5.41) is 12.2. The summed E-state index contributed by atoms with van der Waals surface area (Å²) in [5.41, 5.74) is 4.93. The number of aliphatic hydroxyl groups is 1. The summed E-state index contributed by atoms with van der Waals surface area (Å²) in [7, 11) is 0. The highest BCUT2D eigenvalue weighted by Gasteiger charge is 2.15. The Balaban J connectivity index is 2.45. The highest BCUT2D eigenvalue weighted by molar-refractivity contribution is 5.78. The van der Waals surface area contributed by atoms with Gasteiger partial charge in [0.2, 0.25) is 5.91 Å². The molecule has 15 heavy (non-hydrogen) atoms. The van der Waals surface area contributed by atoms with Gasteiger partial charge < -0.3 is 20.6 Å². The van der Waals surface area contributed by atoms with Crippen molar-refractivity contribution in [2.45, 2.75) is 25.5 Å².